The number of aliphatic imine (C=N–C) groups is 1. The van der Waals surface area contributed by atoms with E-state index in [2.05, 4.69) is 198 Å². The molecule has 0 saturated carbocycles. The lowest BCUT2D eigenvalue weighted by atomic mass is 9.94. The van der Waals surface area contributed by atoms with Crippen molar-refractivity contribution in [3.63, 3.8) is 0 Å². The van der Waals surface area contributed by atoms with Gasteiger partial charge in [-0.25, -0.2) is 4.99 Å². The maximum Gasteiger partial charge on any atom is 0.160 e. The molecular weight excluding hydrogens is 659 g/mol. The van der Waals surface area contributed by atoms with Crippen LogP contribution in [0.25, 0.3) is 55.6 Å². The Balaban J connectivity index is 1.18. The van der Waals surface area contributed by atoms with Crippen LogP contribution < -0.4 is 10.2 Å². The van der Waals surface area contributed by atoms with Gasteiger partial charge in [0, 0.05) is 33.3 Å². The summed E-state index contributed by atoms with van der Waals surface area (Å²) >= 11 is 0. The number of furan rings is 1. The summed E-state index contributed by atoms with van der Waals surface area (Å²) < 4.78 is 6.89. The Morgan fingerprint density at radius 1 is 0.519 bits per heavy atom. The van der Waals surface area contributed by atoms with Crippen molar-refractivity contribution in [2.45, 2.75) is 6.04 Å². The third-order valence-electron chi connectivity index (χ3n) is 10.3. The van der Waals surface area contributed by atoms with Gasteiger partial charge < -0.3 is 14.6 Å². The molecular formula is C50H35N3O. The summed E-state index contributed by atoms with van der Waals surface area (Å²) in [6, 6.07) is 61.7. The standard InChI is InChI=1S/C50H35N3O/c1-4-14-34(15-5-1)36-24-26-38(27-25-36)48-49(52-44-22-12-11-21-43(44)51-48)42-32-33-45(50-47(42)41-20-10-13-23-46(41)54-50)53(39-18-8-3-9-19-39)40-30-28-37(29-31-40)35-16-6-2-7-17-35/h1-33,44,52H. The number of rotatable bonds is 7. The first kappa shape index (κ1) is 31.6. The van der Waals surface area contributed by atoms with Crippen LogP contribution in [0.15, 0.2) is 210 Å². The van der Waals surface area contributed by atoms with Crippen molar-refractivity contribution in [1.29, 1.82) is 0 Å². The molecule has 4 nitrogen and oxygen atoms in total. The fourth-order valence-electron chi connectivity index (χ4n) is 7.67. The third kappa shape index (κ3) is 5.62. The topological polar surface area (TPSA) is 40.8 Å². The van der Waals surface area contributed by atoms with E-state index in [9.17, 15) is 0 Å². The van der Waals surface area contributed by atoms with Gasteiger partial charge >= 0.3 is 0 Å². The zero-order chi connectivity index (χ0) is 35.8. The highest BCUT2D eigenvalue weighted by Gasteiger charge is 2.28. The molecule has 0 spiro atoms. The second-order valence-electron chi connectivity index (χ2n) is 13.6. The van der Waals surface area contributed by atoms with Crippen molar-refractivity contribution >= 4 is 56.1 Å². The monoisotopic (exact) mass is 693 g/mol. The van der Waals surface area contributed by atoms with Crippen LogP contribution in [0.3, 0.4) is 0 Å². The fraction of sp³-hybridized carbons (Fsp3) is 0.0200. The molecule has 0 radical (unpaired) electrons. The minimum absolute atomic E-state index is 0.0471. The highest BCUT2D eigenvalue weighted by molar-refractivity contribution is 6.18. The number of nitrogens with one attached hydrogen (secondary N) is 1. The Kier molecular flexibility index (Phi) is 7.85. The van der Waals surface area contributed by atoms with Crippen LogP contribution in [-0.2, 0) is 0 Å². The number of anilines is 3. The van der Waals surface area contributed by atoms with Gasteiger partial charge in [0.05, 0.1) is 28.8 Å². The molecule has 1 aliphatic heterocycles. The van der Waals surface area contributed by atoms with Gasteiger partial charge in [-0.1, -0.05) is 152 Å². The van der Waals surface area contributed by atoms with Crippen molar-refractivity contribution in [2.75, 3.05) is 4.90 Å². The molecule has 4 heteroatoms. The van der Waals surface area contributed by atoms with Crippen LogP contribution in [0.4, 0.5) is 17.1 Å². The van der Waals surface area contributed by atoms with Crippen LogP contribution in [0.1, 0.15) is 11.1 Å². The van der Waals surface area contributed by atoms with E-state index >= 15 is 0 Å². The summed E-state index contributed by atoms with van der Waals surface area (Å²) in [6.45, 7) is 0. The van der Waals surface area contributed by atoms with Gasteiger partial charge in [0.15, 0.2) is 5.58 Å². The summed E-state index contributed by atoms with van der Waals surface area (Å²) in [7, 11) is 0. The van der Waals surface area contributed by atoms with Gasteiger partial charge in [-0.05, 0) is 70.8 Å². The summed E-state index contributed by atoms with van der Waals surface area (Å²) in [5.41, 5.74) is 14.3. The molecule has 1 aliphatic carbocycles. The lowest BCUT2D eigenvalue weighted by Gasteiger charge is -2.29. The van der Waals surface area contributed by atoms with E-state index < -0.39 is 0 Å². The normalized spacial score (nSPS) is 14.9. The molecule has 1 N–H and O–H groups in total. The van der Waals surface area contributed by atoms with E-state index in [-0.39, 0.29) is 6.04 Å². The number of hydrogen-bond acceptors (Lipinski definition) is 4. The molecule has 0 bridgehead atoms. The zero-order valence-corrected chi connectivity index (χ0v) is 29.4. The van der Waals surface area contributed by atoms with E-state index in [1.165, 1.54) is 22.3 Å². The molecule has 0 saturated heterocycles. The molecule has 2 heterocycles. The first-order chi connectivity index (χ1) is 26.8. The summed E-state index contributed by atoms with van der Waals surface area (Å²) in [5.74, 6) is 0. The quantitative estimate of drug-likeness (QED) is 0.181. The molecule has 8 aromatic rings. The highest BCUT2D eigenvalue weighted by atomic mass is 16.3. The Morgan fingerprint density at radius 2 is 1.09 bits per heavy atom. The van der Waals surface area contributed by atoms with Crippen LogP contribution in [0.2, 0.25) is 0 Å². The Labute approximate surface area is 314 Å². The molecule has 54 heavy (non-hydrogen) atoms. The fourth-order valence-corrected chi connectivity index (χ4v) is 7.67. The van der Waals surface area contributed by atoms with E-state index in [0.29, 0.717) is 0 Å². The van der Waals surface area contributed by atoms with Crippen LogP contribution >= 0.6 is 0 Å². The predicted molar refractivity (Wildman–Crippen MR) is 225 cm³/mol. The Bertz CT molecular complexity index is 2760. The summed E-state index contributed by atoms with van der Waals surface area (Å²) in [5, 5.41) is 6.00. The summed E-state index contributed by atoms with van der Waals surface area (Å²) in [6.07, 6.45) is 8.41. The number of allylic oxidation sites excluding steroid dienone is 2. The molecule has 7 aromatic carbocycles. The maximum atomic E-state index is 6.89. The average molecular weight is 694 g/mol. The van der Waals surface area contributed by atoms with E-state index in [4.69, 9.17) is 9.41 Å². The van der Waals surface area contributed by atoms with Gasteiger partial charge in [0.1, 0.15) is 5.58 Å². The van der Waals surface area contributed by atoms with Gasteiger partial charge in [0.25, 0.3) is 0 Å². The molecule has 0 amide bonds. The molecule has 10 rings (SSSR count). The predicted octanol–water partition coefficient (Wildman–Crippen LogP) is 12.8. The Hall–Kier alpha value is -7.17. The maximum absolute atomic E-state index is 6.89. The van der Waals surface area contributed by atoms with Crippen molar-refractivity contribution in [1.82, 2.24) is 5.32 Å². The first-order valence-corrected chi connectivity index (χ1v) is 18.3. The van der Waals surface area contributed by atoms with Gasteiger partial charge in [-0.15, -0.1) is 0 Å². The van der Waals surface area contributed by atoms with Gasteiger partial charge in [-0.2, -0.15) is 0 Å². The number of benzene rings is 7. The second kappa shape index (κ2) is 13.4. The van der Waals surface area contributed by atoms with Crippen molar-refractivity contribution < 1.29 is 4.42 Å². The molecule has 1 aromatic heterocycles. The summed E-state index contributed by atoms with van der Waals surface area (Å²) in [4.78, 5) is 7.64. The molecule has 256 valence electrons. The van der Waals surface area contributed by atoms with E-state index in [1.807, 2.05) is 12.1 Å². The highest BCUT2D eigenvalue weighted by Crippen LogP contribution is 2.46. The van der Waals surface area contributed by atoms with Crippen LogP contribution in [-0.4, -0.2) is 11.8 Å². The van der Waals surface area contributed by atoms with E-state index in [0.717, 1.165) is 67.2 Å². The molecule has 1 unspecified atom stereocenters. The van der Waals surface area contributed by atoms with Crippen molar-refractivity contribution in [2.24, 2.45) is 4.99 Å². The van der Waals surface area contributed by atoms with Crippen molar-refractivity contribution in [3.8, 4) is 22.3 Å². The number of nitrogens with zero attached hydrogens (tertiary/aromatic N) is 2. The number of para-hydroxylation sites is 2. The van der Waals surface area contributed by atoms with Gasteiger partial charge in [-0.3, -0.25) is 0 Å². The SMILES string of the molecule is C1=CC2=NC(c3ccc(-c4ccccc4)cc3)=C(c3ccc(N(c4ccccc4)c4ccc(-c5ccccc5)cc4)c4oc5ccccc5c34)NC2C=C1. The number of hydrogen-bond donors (Lipinski definition) is 1. The average Bonchev–Trinajstić information content (AvgIpc) is 3.65. The molecule has 1 atom stereocenters. The third-order valence-corrected chi connectivity index (χ3v) is 10.3. The smallest absolute Gasteiger partial charge is 0.160 e. The first-order valence-electron chi connectivity index (χ1n) is 18.3. The lowest BCUT2D eigenvalue weighted by molar-refractivity contribution is 0.669. The van der Waals surface area contributed by atoms with Crippen LogP contribution in [0.5, 0.6) is 0 Å². The van der Waals surface area contributed by atoms with Crippen LogP contribution in [0, 0.1) is 0 Å². The van der Waals surface area contributed by atoms with E-state index in [1.54, 1.807) is 0 Å². The lowest BCUT2D eigenvalue weighted by Crippen LogP contribution is -2.37. The Morgan fingerprint density at radius 3 is 1.80 bits per heavy atom. The van der Waals surface area contributed by atoms with Gasteiger partial charge in [0.2, 0.25) is 0 Å². The largest absolute Gasteiger partial charge is 0.454 e. The molecule has 2 aliphatic rings. The number of fused-ring (bicyclic) bond motifs is 4. The zero-order valence-electron chi connectivity index (χ0n) is 29.4. The molecule has 0 fully saturated rings. The minimum atomic E-state index is -0.0471. The second-order valence-corrected chi connectivity index (χ2v) is 13.6. The minimum Gasteiger partial charge on any atom is -0.454 e. The van der Waals surface area contributed by atoms with Crippen molar-refractivity contribution in [3.05, 3.63) is 211 Å².